The molecule has 0 aliphatic rings. The van der Waals surface area contributed by atoms with Crippen LogP contribution in [-0.2, 0) is 16.9 Å². The molecule has 0 bridgehead atoms. The molecule has 1 atom stereocenters. The van der Waals surface area contributed by atoms with Crippen LogP contribution in [0, 0.1) is 0 Å². The number of pyridine rings is 1. The monoisotopic (exact) mass is 301 g/mol. The fourth-order valence-corrected chi connectivity index (χ4v) is 3.10. The Labute approximate surface area is 125 Å². The molecule has 1 unspecified atom stereocenters. The Hall–Kier alpha value is -2.05. The zero-order chi connectivity index (χ0) is 14.7. The maximum absolute atomic E-state index is 12.4. The van der Waals surface area contributed by atoms with E-state index >= 15 is 0 Å². The minimum atomic E-state index is -1.23. The van der Waals surface area contributed by atoms with Gasteiger partial charge in [-0.15, -0.1) is 0 Å². The normalized spacial score (nSPS) is 12.5. The summed E-state index contributed by atoms with van der Waals surface area (Å²) in [4.78, 5) is 11.4. The zero-order valence-electron chi connectivity index (χ0n) is 11.6. The Morgan fingerprint density at radius 1 is 1.33 bits per heavy atom. The quantitative estimate of drug-likeness (QED) is 0.735. The van der Waals surface area contributed by atoms with Crippen molar-refractivity contribution in [2.75, 3.05) is 6.61 Å². The molecule has 0 spiro atoms. The first kappa shape index (κ1) is 13.9. The summed E-state index contributed by atoms with van der Waals surface area (Å²) < 4.78 is 17.9. The van der Waals surface area contributed by atoms with Gasteiger partial charge >= 0.3 is 5.16 Å². The number of ether oxygens (including phenoxy) is 1. The third-order valence-electron chi connectivity index (χ3n) is 2.99. The van der Waals surface area contributed by atoms with Gasteiger partial charge in [0.05, 0.1) is 18.3 Å². The fraction of sp³-hybridized carbons (Fsp3) is 0.200. The number of rotatable bonds is 5. The van der Waals surface area contributed by atoms with Gasteiger partial charge in [-0.05, 0) is 25.1 Å². The number of nitrogens with zero attached hydrogens (tertiary/aromatic N) is 2. The number of imidazole rings is 1. The molecule has 0 saturated carbocycles. The molecule has 2 heterocycles. The van der Waals surface area contributed by atoms with E-state index in [0.29, 0.717) is 17.5 Å². The first-order chi connectivity index (χ1) is 10.3. The van der Waals surface area contributed by atoms with Crippen LogP contribution >= 0.6 is 0 Å². The van der Waals surface area contributed by atoms with Crippen LogP contribution in [0.3, 0.4) is 0 Å². The van der Waals surface area contributed by atoms with E-state index in [1.54, 1.807) is 12.4 Å². The summed E-state index contributed by atoms with van der Waals surface area (Å²) in [6.45, 7) is 2.55. The van der Waals surface area contributed by atoms with E-state index in [0.717, 1.165) is 22.3 Å². The van der Waals surface area contributed by atoms with E-state index in [4.69, 9.17) is 4.74 Å². The van der Waals surface area contributed by atoms with Crippen LogP contribution in [-0.4, -0.2) is 26.1 Å². The molecule has 0 amide bonds. The molecule has 1 N–H and O–H groups in total. The van der Waals surface area contributed by atoms with Crippen molar-refractivity contribution in [2.45, 2.75) is 17.8 Å². The molecule has 3 rings (SSSR count). The van der Waals surface area contributed by atoms with Gasteiger partial charge in [0.1, 0.15) is 17.0 Å². The fourth-order valence-electron chi connectivity index (χ4n) is 2.05. The van der Waals surface area contributed by atoms with Crippen molar-refractivity contribution in [1.82, 2.24) is 15.0 Å². The van der Waals surface area contributed by atoms with Gasteiger partial charge in [-0.2, -0.15) is 4.98 Å². The molecule has 2 aromatic heterocycles. The Bertz CT molecular complexity index is 711. The lowest BCUT2D eigenvalue weighted by Gasteiger charge is -2.08. The molecule has 3 aromatic rings. The second-order valence-electron chi connectivity index (χ2n) is 4.51. The van der Waals surface area contributed by atoms with Crippen molar-refractivity contribution >= 4 is 22.2 Å². The highest BCUT2D eigenvalue weighted by Gasteiger charge is 2.17. The van der Waals surface area contributed by atoms with Gasteiger partial charge in [0.25, 0.3) is 0 Å². The molecule has 0 fully saturated rings. The van der Waals surface area contributed by atoms with Crippen LogP contribution in [0.4, 0.5) is 0 Å². The van der Waals surface area contributed by atoms with E-state index in [2.05, 4.69) is 15.0 Å². The number of hydrogen-bond donors (Lipinski definition) is 1. The molecule has 108 valence electrons. The lowest BCUT2D eigenvalue weighted by Crippen LogP contribution is -2.07. The zero-order valence-corrected chi connectivity index (χ0v) is 12.4. The lowest BCUT2D eigenvalue weighted by atomic mass is 10.2. The molecule has 0 aliphatic carbocycles. The van der Waals surface area contributed by atoms with Crippen LogP contribution in [0.25, 0.3) is 11.0 Å². The van der Waals surface area contributed by atoms with E-state index < -0.39 is 11.2 Å². The molecule has 6 heteroatoms. The maximum Gasteiger partial charge on any atom is 0.322 e. The molecule has 1 aromatic carbocycles. The van der Waals surface area contributed by atoms with E-state index in [9.17, 15) is 4.55 Å². The number of hydrogen-bond acceptors (Lipinski definition) is 4. The molecule has 21 heavy (non-hydrogen) atoms. The largest absolute Gasteiger partial charge is 0.609 e. The van der Waals surface area contributed by atoms with Crippen molar-refractivity contribution in [3.05, 3.63) is 48.3 Å². The number of nitrogens with one attached hydrogen (secondary N) is 1. The van der Waals surface area contributed by atoms with E-state index in [1.165, 1.54) is 0 Å². The summed E-state index contributed by atoms with van der Waals surface area (Å²) in [7, 11) is 0. The summed E-state index contributed by atoms with van der Waals surface area (Å²) in [6, 6.07) is 9.46. The average molecular weight is 301 g/mol. The van der Waals surface area contributed by atoms with Gasteiger partial charge in [0.2, 0.25) is 0 Å². The first-order valence-electron chi connectivity index (χ1n) is 6.66. The molecule has 0 radical (unpaired) electrons. The SMILES string of the molecule is CCOc1cccc(C[S+]([O-])c2nc3cnccc3[nH]2)c1. The molecule has 0 aliphatic heterocycles. The maximum atomic E-state index is 12.4. The van der Waals surface area contributed by atoms with Gasteiger partial charge in [0, 0.05) is 22.9 Å². The van der Waals surface area contributed by atoms with Gasteiger partial charge in [-0.1, -0.05) is 12.1 Å². The number of H-pyrrole nitrogens is 1. The second kappa shape index (κ2) is 6.15. The highest BCUT2D eigenvalue weighted by molar-refractivity contribution is 7.90. The minimum absolute atomic E-state index is 0.397. The van der Waals surface area contributed by atoms with Crippen LogP contribution < -0.4 is 4.74 Å². The highest BCUT2D eigenvalue weighted by Crippen LogP contribution is 2.20. The minimum Gasteiger partial charge on any atom is -0.609 e. The van der Waals surface area contributed by atoms with Crippen molar-refractivity contribution in [1.29, 1.82) is 0 Å². The van der Waals surface area contributed by atoms with Gasteiger partial charge in [-0.3, -0.25) is 9.97 Å². The van der Waals surface area contributed by atoms with Crippen LogP contribution in [0.5, 0.6) is 5.75 Å². The van der Waals surface area contributed by atoms with Gasteiger partial charge in [0.15, 0.2) is 0 Å². The number of aromatic nitrogens is 3. The van der Waals surface area contributed by atoms with Crippen molar-refractivity contribution in [3.63, 3.8) is 0 Å². The predicted octanol–water partition coefficient (Wildman–Crippen LogP) is 2.66. The predicted molar refractivity (Wildman–Crippen MR) is 81.6 cm³/mol. The Kier molecular flexibility index (Phi) is 4.08. The summed E-state index contributed by atoms with van der Waals surface area (Å²) in [5.41, 5.74) is 2.53. The molecule has 0 saturated heterocycles. The average Bonchev–Trinajstić information content (AvgIpc) is 2.92. The number of fused-ring (bicyclic) bond motifs is 1. The van der Waals surface area contributed by atoms with Crippen molar-refractivity contribution < 1.29 is 9.29 Å². The second-order valence-corrected chi connectivity index (χ2v) is 5.87. The van der Waals surface area contributed by atoms with E-state index in [-0.39, 0.29) is 0 Å². The van der Waals surface area contributed by atoms with Crippen molar-refractivity contribution in [2.24, 2.45) is 0 Å². The van der Waals surface area contributed by atoms with Gasteiger partial charge in [-0.25, -0.2) is 0 Å². The molecule has 5 nitrogen and oxygen atoms in total. The molecular formula is C15H15N3O2S. The van der Waals surface area contributed by atoms with Crippen LogP contribution in [0.15, 0.2) is 47.9 Å². The first-order valence-corrected chi connectivity index (χ1v) is 7.98. The Morgan fingerprint density at radius 2 is 2.24 bits per heavy atom. The number of benzene rings is 1. The van der Waals surface area contributed by atoms with Crippen molar-refractivity contribution in [3.8, 4) is 5.75 Å². The smallest absolute Gasteiger partial charge is 0.322 e. The third kappa shape index (κ3) is 3.17. The molecular weight excluding hydrogens is 286 g/mol. The summed E-state index contributed by atoms with van der Waals surface area (Å²) >= 11 is -1.23. The standard InChI is InChI=1S/C15H15N3O2S/c1-2-20-12-5-3-4-11(8-12)10-21(19)15-17-13-6-7-16-9-14(13)18-15/h3-9H,2,10H2,1H3,(H,17,18). The topological polar surface area (TPSA) is 73.9 Å². The Balaban J connectivity index is 1.79. The van der Waals surface area contributed by atoms with E-state index in [1.807, 2.05) is 37.3 Å². The summed E-state index contributed by atoms with van der Waals surface area (Å²) in [5, 5.41) is 0.472. The third-order valence-corrected chi connectivity index (χ3v) is 4.21. The lowest BCUT2D eigenvalue weighted by molar-refractivity contribution is 0.340. The van der Waals surface area contributed by atoms with Crippen LogP contribution in [0.1, 0.15) is 12.5 Å². The number of aromatic amines is 1. The summed E-state index contributed by atoms with van der Waals surface area (Å²) in [5.74, 6) is 1.19. The Morgan fingerprint density at radius 3 is 3.05 bits per heavy atom. The van der Waals surface area contributed by atoms with Gasteiger partial charge < -0.3 is 9.29 Å². The van der Waals surface area contributed by atoms with Crippen LogP contribution in [0.2, 0.25) is 0 Å². The summed E-state index contributed by atoms with van der Waals surface area (Å²) in [6.07, 6.45) is 3.33. The highest BCUT2D eigenvalue weighted by atomic mass is 32.2.